The normalized spacial score (nSPS) is 20.9. The van der Waals surface area contributed by atoms with Crippen LogP contribution >= 0.6 is 0 Å². The second-order valence-electron chi connectivity index (χ2n) is 14.6. The van der Waals surface area contributed by atoms with Gasteiger partial charge >= 0.3 is 18.4 Å². The monoisotopic (exact) mass is 726 g/mol. The lowest BCUT2D eigenvalue weighted by molar-refractivity contribution is -0.274. The summed E-state index contributed by atoms with van der Waals surface area (Å²) in [6.45, 7) is 11.3. The Bertz CT molecular complexity index is 1730. The molecule has 5 heterocycles. The van der Waals surface area contributed by atoms with E-state index in [2.05, 4.69) is 24.8 Å². The Labute approximate surface area is 300 Å². The summed E-state index contributed by atoms with van der Waals surface area (Å²) >= 11 is 0. The molecule has 16 heteroatoms. The van der Waals surface area contributed by atoms with Crippen LogP contribution in [-0.4, -0.2) is 94.7 Å². The number of ether oxygens (including phenoxy) is 3. The Morgan fingerprint density at radius 2 is 1.73 bits per heavy atom. The van der Waals surface area contributed by atoms with Crippen molar-refractivity contribution in [2.24, 2.45) is 11.3 Å². The molecule has 6 rings (SSSR count). The number of piperazine rings is 1. The van der Waals surface area contributed by atoms with Crippen LogP contribution in [0.3, 0.4) is 0 Å². The molecular formula is C36H45F3N8O5. The van der Waals surface area contributed by atoms with Crippen LogP contribution in [0.5, 0.6) is 5.75 Å². The van der Waals surface area contributed by atoms with Crippen molar-refractivity contribution in [2.75, 3.05) is 61.0 Å². The van der Waals surface area contributed by atoms with Gasteiger partial charge in [-0.05, 0) is 77.0 Å². The second kappa shape index (κ2) is 15.0. The van der Waals surface area contributed by atoms with E-state index in [9.17, 15) is 22.8 Å². The van der Waals surface area contributed by atoms with Gasteiger partial charge in [-0.25, -0.2) is 24.7 Å². The number of rotatable bonds is 8. The lowest BCUT2D eigenvalue weighted by Gasteiger charge is -2.37. The summed E-state index contributed by atoms with van der Waals surface area (Å²) in [4.78, 5) is 49.6. The summed E-state index contributed by atoms with van der Waals surface area (Å²) in [7, 11) is 0. The van der Waals surface area contributed by atoms with E-state index in [4.69, 9.17) is 24.4 Å². The van der Waals surface area contributed by atoms with Gasteiger partial charge in [-0.15, -0.1) is 13.2 Å². The molecule has 3 fully saturated rings. The molecule has 3 aromatic heterocycles. The Balaban J connectivity index is 1.23. The second-order valence-corrected chi connectivity index (χ2v) is 14.6. The van der Waals surface area contributed by atoms with Crippen LogP contribution in [0, 0.1) is 11.3 Å². The predicted octanol–water partition coefficient (Wildman–Crippen LogP) is 6.58. The Hall–Kier alpha value is -4.89. The van der Waals surface area contributed by atoms with Crippen molar-refractivity contribution in [3.63, 3.8) is 0 Å². The third kappa shape index (κ3) is 9.31. The maximum absolute atomic E-state index is 12.9. The van der Waals surface area contributed by atoms with Crippen molar-refractivity contribution in [3.8, 4) is 17.1 Å². The van der Waals surface area contributed by atoms with Crippen molar-refractivity contribution in [1.29, 1.82) is 0 Å². The average Bonchev–Trinajstić information content (AvgIpc) is 3.50. The SMILES string of the molecule is CCOC(=O)C1CCCC2(CCN(c3cc(Nc4cc(OC(F)(F)F)ccn4)nc(-c4ccc(N5CCN(C(=O)OC(C)(C)C)CC5)nc4)n3)C2)C1. The van der Waals surface area contributed by atoms with E-state index in [1.165, 1.54) is 6.20 Å². The first-order valence-electron chi connectivity index (χ1n) is 17.7. The molecule has 2 aliphatic heterocycles. The summed E-state index contributed by atoms with van der Waals surface area (Å²) < 4.78 is 53.7. The molecule has 0 radical (unpaired) electrons. The summed E-state index contributed by atoms with van der Waals surface area (Å²) in [6, 6.07) is 7.77. The van der Waals surface area contributed by atoms with Gasteiger partial charge in [0, 0.05) is 69.4 Å². The van der Waals surface area contributed by atoms with Crippen molar-refractivity contribution < 1.29 is 37.0 Å². The number of nitrogens with zero attached hydrogens (tertiary/aromatic N) is 7. The highest BCUT2D eigenvalue weighted by Gasteiger charge is 2.44. The van der Waals surface area contributed by atoms with Crippen molar-refractivity contribution in [1.82, 2.24) is 24.8 Å². The van der Waals surface area contributed by atoms with E-state index in [-0.39, 0.29) is 29.2 Å². The quantitative estimate of drug-likeness (QED) is 0.251. The molecule has 2 atom stereocenters. The number of aromatic nitrogens is 4. The van der Waals surface area contributed by atoms with Gasteiger partial charge in [-0.2, -0.15) is 0 Å². The Morgan fingerprint density at radius 1 is 0.942 bits per heavy atom. The molecule has 3 aliphatic rings. The first-order valence-corrected chi connectivity index (χ1v) is 17.7. The molecule has 2 unspecified atom stereocenters. The van der Waals surface area contributed by atoms with Crippen LogP contribution in [0.15, 0.2) is 42.7 Å². The van der Waals surface area contributed by atoms with Gasteiger partial charge < -0.3 is 34.2 Å². The molecule has 1 N–H and O–H groups in total. The van der Waals surface area contributed by atoms with Crippen LogP contribution < -0.4 is 19.9 Å². The number of hydrogen-bond acceptors (Lipinski definition) is 12. The molecule has 13 nitrogen and oxygen atoms in total. The molecular weight excluding hydrogens is 681 g/mol. The molecule has 280 valence electrons. The van der Waals surface area contributed by atoms with E-state index in [1.54, 1.807) is 17.2 Å². The third-order valence-electron chi connectivity index (χ3n) is 9.52. The van der Waals surface area contributed by atoms with Gasteiger partial charge in [0.15, 0.2) is 5.82 Å². The largest absolute Gasteiger partial charge is 0.573 e. The van der Waals surface area contributed by atoms with E-state index in [1.807, 2.05) is 39.8 Å². The van der Waals surface area contributed by atoms with Gasteiger partial charge in [0.25, 0.3) is 0 Å². The van der Waals surface area contributed by atoms with E-state index in [0.717, 1.165) is 50.1 Å². The van der Waals surface area contributed by atoms with Gasteiger partial charge in [-0.1, -0.05) is 6.42 Å². The number of carbonyl (C=O) groups is 2. The number of amides is 1. The molecule has 2 saturated heterocycles. The number of alkyl halides is 3. The minimum absolute atomic E-state index is 0.0596. The summed E-state index contributed by atoms with van der Waals surface area (Å²) in [5.74, 6) is 1.49. The first kappa shape index (κ1) is 36.9. The minimum atomic E-state index is -4.85. The fourth-order valence-corrected chi connectivity index (χ4v) is 7.16. The molecule has 1 saturated carbocycles. The number of halogens is 3. The van der Waals surface area contributed by atoms with E-state index < -0.39 is 17.7 Å². The highest BCUT2D eigenvalue weighted by molar-refractivity contribution is 5.73. The zero-order chi connectivity index (χ0) is 37.1. The van der Waals surface area contributed by atoms with Gasteiger partial charge in [0.1, 0.15) is 34.6 Å². The third-order valence-corrected chi connectivity index (χ3v) is 9.52. The number of nitrogens with one attached hydrogen (secondary N) is 1. The number of carbonyl (C=O) groups excluding carboxylic acids is 2. The molecule has 1 spiro atoms. The molecule has 52 heavy (non-hydrogen) atoms. The summed E-state index contributed by atoms with van der Waals surface area (Å²) in [5.41, 5.74) is 0.00883. The van der Waals surface area contributed by atoms with Gasteiger partial charge in [-0.3, -0.25) is 4.79 Å². The van der Waals surface area contributed by atoms with Crippen molar-refractivity contribution >= 4 is 35.3 Å². The van der Waals surface area contributed by atoms with Crippen LogP contribution in [0.2, 0.25) is 0 Å². The molecule has 3 aromatic rings. The van der Waals surface area contributed by atoms with Crippen LogP contribution in [0.4, 0.5) is 41.2 Å². The van der Waals surface area contributed by atoms with Crippen LogP contribution in [0.25, 0.3) is 11.4 Å². The summed E-state index contributed by atoms with van der Waals surface area (Å²) in [6.07, 6.45) is 2.11. The number of hydrogen-bond donors (Lipinski definition) is 1. The van der Waals surface area contributed by atoms with Crippen molar-refractivity contribution in [3.05, 3.63) is 42.7 Å². The average molecular weight is 727 g/mol. The maximum atomic E-state index is 12.9. The topological polar surface area (TPSA) is 135 Å². The summed E-state index contributed by atoms with van der Waals surface area (Å²) in [5, 5.41) is 3.03. The maximum Gasteiger partial charge on any atom is 0.573 e. The lowest BCUT2D eigenvalue weighted by Crippen LogP contribution is -2.50. The van der Waals surface area contributed by atoms with Crippen LogP contribution in [0.1, 0.15) is 59.8 Å². The fourth-order valence-electron chi connectivity index (χ4n) is 7.16. The van der Waals surface area contributed by atoms with Gasteiger partial charge in [0.05, 0.1) is 12.5 Å². The number of pyridine rings is 2. The van der Waals surface area contributed by atoms with Crippen LogP contribution in [-0.2, 0) is 14.3 Å². The highest BCUT2D eigenvalue weighted by atomic mass is 19.4. The number of esters is 1. The Morgan fingerprint density at radius 3 is 2.42 bits per heavy atom. The fraction of sp³-hybridized carbons (Fsp3) is 0.556. The van der Waals surface area contributed by atoms with E-state index in [0.29, 0.717) is 68.9 Å². The molecule has 0 aromatic carbocycles. The highest BCUT2D eigenvalue weighted by Crippen LogP contribution is 2.47. The smallest absolute Gasteiger partial charge is 0.466 e. The zero-order valence-electron chi connectivity index (χ0n) is 29.9. The standard InChI is InChI=1S/C36H45F3N8O5/c1-5-50-32(48)24-7-6-11-35(21-24)12-14-47(23-35)30-20-28(42-27-19-26(10-13-40-27)51-36(37,38)39)43-31(44-30)25-8-9-29(41-22-25)45-15-17-46(18-16-45)33(49)52-34(2,3)4/h8-10,13,19-20,22,24H,5-7,11-12,14-18,21,23H2,1-4H3,(H,40,42,43,44). The van der Waals surface area contributed by atoms with Gasteiger partial charge in [0.2, 0.25) is 0 Å². The van der Waals surface area contributed by atoms with E-state index >= 15 is 0 Å². The molecule has 0 bridgehead atoms. The first-order chi connectivity index (χ1) is 24.7. The minimum Gasteiger partial charge on any atom is -0.466 e. The molecule has 1 aliphatic carbocycles. The lowest BCUT2D eigenvalue weighted by atomic mass is 9.69. The number of anilines is 4. The predicted molar refractivity (Wildman–Crippen MR) is 187 cm³/mol. The zero-order valence-corrected chi connectivity index (χ0v) is 29.9. The van der Waals surface area contributed by atoms with Crippen molar-refractivity contribution in [2.45, 2.75) is 71.8 Å². The molecule has 1 amide bonds. The Kier molecular flexibility index (Phi) is 10.6.